The van der Waals surface area contributed by atoms with E-state index in [2.05, 4.69) is 5.16 Å². The highest BCUT2D eigenvalue weighted by molar-refractivity contribution is 6.31. The zero-order valence-electron chi connectivity index (χ0n) is 11.5. The Hall–Kier alpha value is -2.40. The molecule has 3 rings (SSSR count). The molecule has 0 unspecified atom stereocenters. The number of aromatic nitrogens is 1. The summed E-state index contributed by atoms with van der Waals surface area (Å²) in [5.41, 5.74) is 8.71. The van der Waals surface area contributed by atoms with Gasteiger partial charge >= 0.3 is 0 Å². The van der Waals surface area contributed by atoms with Crippen molar-refractivity contribution in [3.63, 3.8) is 0 Å². The molecule has 0 spiro atoms. The molecule has 1 aromatic carbocycles. The molecule has 3 aromatic rings. The predicted octanol–water partition coefficient (Wildman–Crippen LogP) is 4.15. The molecule has 2 heterocycles. The van der Waals surface area contributed by atoms with Crippen molar-refractivity contribution in [2.24, 2.45) is 0 Å². The van der Waals surface area contributed by atoms with Gasteiger partial charge in [0, 0.05) is 16.1 Å². The monoisotopic (exact) mass is 304 g/mol. The molecule has 0 radical (unpaired) electrons. The van der Waals surface area contributed by atoms with E-state index in [1.54, 1.807) is 31.6 Å². The predicted molar refractivity (Wildman–Crippen MR) is 80.4 cm³/mol. The van der Waals surface area contributed by atoms with Crippen LogP contribution in [-0.2, 0) is 0 Å². The summed E-state index contributed by atoms with van der Waals surface area (Å²) in [5, 5.41) is 4.61. The Morgan fingerprint density at radius 3 is 2.71 bits per heavy atom. The topological polar surface area (TPSA) is 74.4 Å². The second-order valence-corrected chi connectivity index (χ2v) is 4.94. The molecule has 5 nitrogen and oxygen atoms in total. The Kier molecular flexibility index (Phi) is 3.35. The number of furan rings is 1. The fourth-order valence-electron chi connectivity index (χ4n) is 2.25. The van der Waals surface area contributed by atoms with Crippen molar-refractivity contribution < 1.29 is 13.7 Å². The van der Waals surface area contributed by atoms with Crippen molar-refractivity contribution in [3.8, 4) is 28.1 Å². The van der Waals surface area contributed by atoms with E-state index in [-0.39, 0.29) is 5.88 Å². The van der Waals surface area contributed by atoms with Crippen LogP contribution in [0.2, 0.25) is 5.02 Å². The number of halogens is 1. The van der Waals surface area contributed by atoms with Crippen molar-refractivity contribution in [3.05, 3.63) is 41.3 Å². The summed E-state index contributed by atoms with van der Waals surface area (Å²) in [6.45, 7) is 1.85. The Labute approximate surface area is 126 Å². The number of nitrogen functional groups attached to an aromatic ring is 1. The van der Waals surface area contributed by atoms with Crippen LogP contribution in [0.25, 0.3) is 22.4 Å². The molecule has 108 valence electrons. The van der Waals surface area contributed by atoms with E-state index in [0.717, 1.165) is 16.9 Å². The molecule has 6 heteroatoms. The lowest BCUT2D eigenvalue weighted by Gasteiger charge is -2.09. The van der Waals surface area contributed by atoms with Crippen LogP contribution in [0.1, 0.15) is 5.76 Å². The Morgan fingerprint density at radius 2 is 2.05 bits per heavy atom. The summed E-state index contributed by atoms with van der Waals surface area (Å²) in [7, 11) is 1.58. The number of ether oxygens (including phenoxy) is 1. The lowest BCUT2D eigenvalue weighted by Crippen LogP contribution is -1.92. The van der Waals surface area contributed by atoms with Crippen LogP contribution >= 0.6 is 11.6 Å². The molecule has 2 N–H and O–H groups in total. The van der Waals surface area contributed by atoms with E-state index >= 15 is 0 Å². The maximum absolute atomic E-state index is 6.09. The minimum atomic E-state index is 0.200. The van der Waals surface area contributed by atoms with Gasteiger partial charge in [0.25, 0.3) is 0 Å². The zero-order valence-corrected chi connectivity index (χ0v) is 12.3. The van der Waals surface area contributed by atoms with Gasteiger partial charge in [0.05, 0.1) is 18.9 Å². The number of aryl methyl sites for hydroxylation is 1. The lowest BCUT2D eigenvalue weighted by atomic mass is 10.0. The van der Waals surface area contributed by atoms with Crippen LogP contribution in [0, 0.1) is 6.92 Å². The van der Waals surface area contributed by atoms with Gasteiger partial charge in [-0.05, 0) is 31.2 Å². The fraction of sp³-hybridized carbons (Fsp3) is 0.133. The average Bonchev–Trinajstić information content (AvgIpc) is 3.04. The molecule has 2 aromatic heterocycles. The quantitative estimate of drug-likeness (QED) is 0.786. The van der Waals surface area contributed by atoms with E-state index in [4.69, 9.17) is 31.0 Å². The Morgan fingerprint density at radius 1 is 1.24 bits per heavy atom. The number of rotatable bonds is 3. The zero-order chi connectivity index (χ0) is 15.0. The second-order valence-electron chi connectivity index (χ2n) is 4.51. The first-order valence-electron chi connectivity index (χ1n) is 6.25. The first kappa shape index (κ1) is 13.6. The van der Waals surface area contributed by atoms with Gasteiger partial charge in [0.1, 0.15) is 17.2 Å². The van der Waals surface area contributed by atoms with Crippen molar-refractivity contribution in [1.82, 2.24) is 5.16 Å². The Bertz CT molecular complexity index is 792. The van der Waals surface area contributed by atoms with Crippen molar-refractivity contribution in [1.29, 1.82) is 0 Å². The summed E-state index contributed by atoms with van der Waals surface area (Å²) in [4.78, 5) is 0. The minimum absolute atomic E-state index is 0.200. The van der Waals surface area contributed by atoms with Crippen molar-refractivity contribution >= 4 is 17.5 Å². The number of benzene rings is 1. The highest BCUT2D eigenvalue weighted by Crippen LogP contribution is 2.42. The van der Waals surface area contributed by atoms with Crippen molar-refractivity contribution in [2.45, 2.75) is 6.92 Å². The van der Waals surface area contributed by atoms with Gasteiger partial charge in [-0.25, -0.2) is 0 Å². The van der Waals surface area contributed by atoms with E-state index in [9.17, 15) is 0 Å². The first-order valence-corrected chi connectivity index (χ1v) is 6.63. The molecule has 0 atom stereocenters. The van der Waals surface area contributed by atoms with E-state index in [0.29, 0.717) is 22.0 Å². The number of hydrogen-bond acceptors (Lipinski definition) is 5. The Balaban J connectivity index is 2.27. The van der Waals surface area contributed by atoms with Crippen LogP contribution < -0.4 is 10.5 Å². The summed E-state index contributed by atoms with van der Waals surface area (Å²) in [6, 6.07) is 7.10. The second kappa shape index (κ2) is 5.18. The minimum Gasteiger partial charge on any atom is -0.496 e. The number of nitrogens with zero attached hydrogens (tertiary/aromatic N) is 1. The molecule has 0 aliphatic carbocycles. The van der Waals surface area contributed by atoms with Crippen LogP contribution in [0.4, 0.5) is 5.88 Å². The molecule has 0 aliphatic rings. The molecule has 0 bridgehead atoms. The third kappa shape index (κ3) is 2.25. The largest absolute Gasteiger partial charge is 0.496 e. The van der Waals surface area contributed by atoms with Gasteiger partial charge in [0.15, 0.2) is 0 Å². The maximum Gasteiger partial charge on any atom is 0.230 e. The van der Waals surface area contributed by atoms with Gasteiger partial charge in [-0.3, -0.25) is 0 Å². The number of anilines is 1. The number of methoxy groups -OCH3 is 1. The molecular formula is C15H13ClN2O3. The molecule has 0 amide bonds. The highest BCUT2D eigenvalue weighted by atomic mass is 35.5. The van der Waals surface area contributed by atoms with E-state index < -0.39 is 0 Å². The van der Waals surface area contributed by atoms with Gasteiger partial charge in [0.2, 0.25) is 5.88 Å². The molecule has 21 heavy (non-hydrogen) atoms. The summed E-state index contributed by atoms with van der Waals surface area (Å²) in [5.74, 6) is 1.56. The molecule has 0 saturated carbocycles. The smallest absolute Gasteiger partial charge is 0.230 e. The maximum atomic E-state index is 6.09. The molecule has 0 fully saturated rings. The van der Waals surface area contributed by atoms with Crippen LogP contribution in [0.3, 0.4) is 0 Å². The molecule has 0 saturated heterocycles. The lowest BCUT2D eigenvalue weighted by molar-refractivity contribution is 0.416. The summed E-state index contributed by atoms with van der Waals surface area (Å²) >= 11 is 6.09. The van der Waals surface area contributed by atoms with E-state index in [1.165, 1.54) is 0 Å². The normalized spacial score (nSPS) is 10.8. The van der Waals surface area contributed by atoms with Gasteiger partial charge in [-0.15, -0.1) is 0 Å². The standard InChI is InChI=1S/C15H13ClN2O3/c1-8-10(5-6-20-8)14-13(15(17)21-18-14)11-7-9(16)3-4-12(11)19-2/h3-7H,17H2,1-2H3. The van der Waals surface area contributed by atoms with Gasteiger partial charge in [-0.1, -0.05) is 16.8 Å². The van der Waals surface area contributed by atoms with E-state index in [1.807, 2.05) is 13.0 Å². The molecule has 0 aliphatic heterocycles. The van der Waals surface area contributed by atoms with Crippen LogP contribution in [0.15, 0.2) is 39.5 Å². The van der Waals surface area contributed by atoms with Crippen LogP contribution in [0.5, 0.6) is 5.75 Å². The third-order valence-corrected chi connectivity index (χ3v) is 3.50. The third-order valence-electron chi connectivity index (χ3n) is 3.26. The summed E-state index contributed by atoms with van der Waals surface area (Å²) < 4.78 is 15.8. The number of hydrogen-bond donors (Lipinski definition) is 1. The fourth-order valence-corrected chi connectivity index (χ4v) is 2.43. The van der Waals surface area contributed by atoms with Crippen molar-refractivity contribution in [2.75, 3.05) is 12.8 Å². The first-order chi connectivity index (χ1) is 10.1. The summed E-state index contributed by atoms with van der Waals surface area (Å²) in [6.07, 6.45) is 1.59. The SMILES string of the molecule is COc1ccc(Cl)cc1-c1c(-c2ccoc2C)noc1N. The highest BCUT2D eigenvalue weighted by Gasteiger charge is 2.22. The average molecular weight is 305 g/mol. The van der Waals surface area contributed by atoms with Crippen LogP contribution in [-0.4, -0.2) is 12.3 Å². The molecular weight excluding hydrogens is 292 g/mol. The van der Waals surface area contributed by atoms with Gasteiger partial charge < -0.3 is 19.4 Å². The van der Waals surface area contributed by atoms with Gasteiger partial charge in [-0.2, -0.15) is 0 Å². The number of nitrogens with two attached hydrogens (primary N) is 1.